The molecule has 0 heterocycles. The molecule has 0 radical (unpaired) electrons. The van der Waals surface area contributed by atoms with Gasteiger partial charge in [0.15, 0.2) is 0 Å². The summed E-state index contributed by atoms with van der Waals surface area (Å²) in [5, 5.41) is 0. The van der Waals surface area contributed by atoms with Crippen LogP contribution in [0.1, 0.15) is 149 Å². The third-order valence-corrected chi connectivity index (χ3v) is 8.57. The average Bonchev–Trinajstić information content (AvgIpc) is 2.80. The Kier molecular flexibility index (Phi) is 26.9. The fraction of sp³-hybridized carbons (Fsp3) is 1.00. The van der Waals surface area contributed by atoms with E-state index in [0.29, 0.717) is 6.42 Å². The van der Waals surface area contributed by atoms with Crippen molar-refractivity contribution in [3.05, 3.63) is 0 Å². The lowest BCUT2D eigenvalue weighted by atomic mass is 10.1. The molecule has 34 heavy (non-hydrogen) atoms. The Morgan fingerprint density at radius 3 is 1.50 bits per heavy atom. The number of ether oxygens (including phenoxy) is 1. The molecule has 0 saturated heterocycles. The van der Waals surface area contributed by atoms with Gasteiger partial charge < -0.3 is 14.5 Å². The average molecular weight is 523 g/mol. The second kappa shape index (κ2) is 26.5. The van der Waals surface area contributed by atoms with Crippen molar-refractivity contribution in [3.8, 4) is 0 Å². The molecule has 0 aromatic carbocycles. The van der Waals surface area contributed by atoms with Crippen LogP contribution in [0, 0.1) is 0 Å². The van der Waals surface area contributed by atoms with Crippen LogP contribution < -0.4 is 0 Å². The molecule has 4 nitrogen and oxygen atoms in total. The highest BCUT2D eigenvalue weighted by Gasteiger charge is 2.18. The van der Waals surface area contributed by atoms with Gasteiger partial charge >= 0.3 is 7.60 Å². The molecule has 2 N–H and O–H groups in total. The van der Waals surface area contributed by atoms with Gasteiger partial charge in [0.25, 0.3) is 0 Å². The smallest absolute Gasteiger partial charge is 0.325 e. The minimum Gasteiger partial charge on any atom is -0.377 e. The highest BCUT2D eigenvalue weighted by molar-refractivity contribution is 7.99. The van der Waals surface area contributed by atoms with E-state index in [-0.39, 0.29) is 12.3 Å². The lowest BCUT2D eigenvalue weighted by molar-refractivity contribution is 0.0635. The maximum absolute atomic E-state index is 11.3. The Hall–Kier alpha value is 0.460. The van der Waals surface area contributed by atoms with Crippen molar-refractivity contribution >= 4 is 19.4 Å². The number of hydrogen-bond donors (Lipinski definition) is 2. The van der Waals surface area contributed by atoms with Crippen LogP contribution in [-0.4, -0.2) is 40.2 Å². The van der Waals surface area contributed by atoms with Crippen LogP contribution in [0.4, 0.5) is 0 Å². The minimum absolute atomic E-state index is 0.0282. The van der Waals surface area contributed by atoms with Gasteiger partial charge in [0, 0.05) is 12.4 Å². The van der Waals surface area contributed by atoms with Gasteiger partial charge in [-0.25, -0.2) is 0 Å². The van der Waals surface area contributed by atoms with Crippen molar-refractivity contribution in [1.82, 2.24) is 0 Å². The third kappa shape index (κ3) is 28.7. The summed E-state index contributed by atoms with van der Waals surface area (Å²) in [7, 11) is -3.95. The molecule has 0 spiro atoms. The van der Waals surface area contributed by atoms with Crippen LogP contribution in [-0.2, 0) is 9.30 Å². The molecule has 1 atom stereocenters. The molecule has 0 aromatic rings. The maximum Gasteiger partial charge on any atom is 0.325 e. The summed E-state index contributed by atoms with van der Waals surface area (Å²) in [4.78, 5) is 18.5. The zero-order chi connectivity index (χ0) is 25.2. The van der Waals surface area contributed by atoms with E-state index in [2.05, 4.69) is 13.8 Å². The normalized spacial score (nSPS) is 12.9. The molecule has 206 valence electrons. The van der Waals surface area contributed by atoms with Gasteiger partial charge in [-0.3, -0.25) is 4.57 Å². The predicted molar refractivity (Wildman–Crippen MR) is 152 cm³/mol. The molecule has 0 amide bonds. The summed E-state index contributed by atoms with van der Waals surface area (Å²) >= 11 is 1.89. The van der Waals surface area contributed by atoms with E-state index in [1.54, 1.807) is 0 Å². The van der Waals surface area contributed by atoms with E-state index in [1.807, 2.05) is 11.8 Å². The summed E-state index contributed by atoms with van der Waals surface area (Å²) in [5.74, 6) is 1.99. The lowest BCUT2D eigenvalue weighted by Crippen LogP contribution is -2.19. The molecule has 0 aliphatic rings. The molecular formula is C28H59O4PS. The van der Waals surface area contributed by atoms with Gasteiger partial charge in [0.05, 0.1) is 12.3 Å². The Bertz CT molecular complexity index is 444. The number of thioether (sulfide) groups is 1. The molecule has 6 heteroatoms. The van der Waals surface area contributed by atoms with E-state index in [1.165, 1.54) is 122 Å². The minimum atomic E-state index is -3.95. The molecule has 0 saturated carbocycles. The van der Waals surface area contributed by atoms with E-state index in [9.17, 15) is 14.4 Å². The highest BCUT2D eigenvalue weighted by Crippen LogP contribution is 2.36. The first-order valence-corrected chi connectivity index (χ1v) is 17.7. The molecular weight excluding hydrogens is 463 g/mol. The van der Waals surface area contributed by atoms with Crippen molar-refractivity contribution < 1.29 is 19.1 Å². The summed E-state index contributed by atoms with van der Waals surface area (Å²) in [6.07, 6.45) is 27.0. The van der Waals surface area contributed by atoms with Gasteiger partial charge in [0.2, 0.25) is 0 Å². The van der Waals surface area contributed by atoms with Gasteiger partial charge in [-0.05, 0) is 25.0 Å². The second-order valence-corrected chi connectivity index (χ2v) is 13.0. The fourth-order valence-electron chi connectivity index (χ4n) is 4.27. The first kappa shape index (κ1) is 34.5. The Morgan fingerprint density at radius 2 is 1.06 bits per heavy atom. The fourth-order valence-corrected chi connectivity index (χ4v) is 6.00. The van der Waals surface area contributed by atoms with E-state index >= 15 is 0 Å². The zero-order valence-electron chi connectivity index (χ0n) is 22.8. The van der Waals surface area contributed by atoms with Gasteiger partial charge in [-0.1, -0.05) is 129 Å². The van der Waals surface area contributed by atoms with Crippen LogP contribution in [0.5, 0.6) is 0 Å². The largest absolute Gasteiger partial charge is 0.377 e. The zero-order valence-corrected chi connectivity index (χ0v) is 24.5. The van der Waals surface area contributed by atoms with Gasteiger partial charge in [0.1, 0.15) is 0 Å². The van der Waals surface area contributed by atoms with Crippen molar-refractivity contribution in [1.29, 1.82) is 0 Å². The quantitative estimate of drug-likeness (QED) is 0.0791. The maximum atomic E-state index is 11.3. The van der Waals surface area contributed by atoms with Gasteiger partial charge in [-0.15, -0.1) is 0 Å². The molecule has 1 unspecified atom stereocenters. The molecule has 0 fully saturated rings. The van der Waals surface area contributed by atoms with E-state index in [0.717, 1.165) is 24.5 Å². The molecule has 0 rings (SSSR count). The molecule has 0 aliphatic heterocycles. The van der Waals surface area contributed by atoms with E-state index < -0.39 is 7.60 Å². The second-order valence-electron chi connectivity index (χ2n) is 10.1. The monoisotopic (exact) mass is 522 g/mol. The van der Waals surface area contributed by atoms with Crippen LogP contribution in [0.15, 0.2) is 0 Å². The predicted octanol–water partition coefficient (Wildman–Crippen LogP) is 9.51. The lowest BCUT2D eigenvalue weighted by Gasteiger charge is -2.18. The summed E-state index contributed by atoms with van der Waals surface area (Å²) in [5.41, 5.74) is 0. The topological polar surface area (TPSA) is 66.8 Å². The van der Waals surface area contributed by atoms with E-state index in [4.69, 9.17) is 4.74 Å². The Morgan fingerprint density at radius 1 is 0.647 bits per heavy atom. The van der Waals surface area contributed by atoms with Crippen LogP contribution in [0.25, 0.3) is 0 Å². The van der Waals surface area contributed by atoms with Gasteiger partial charge in [-0.2, -0.15) is 11.8 Å². The molecule has 0 bridgehead atoms. The third-order valence-electron chi connectivity index (χ3n) is 6.54. The first-order chi connectivity index (χ1) is 16.5. The molecule has 0 aliphatic carbocycles. The molecule has 0 aromatic heterocycles. The van der Waals surface area contributed by atoms with Crippen molar-refractivity contribution in [3.63, 3.8) is 0 Å². The first-order valence-electron chi connectivity index (χ1n) is 14.7. The summed E-state index contributed by atoms with van der Waals surface area (Å²) in [6, 6.07) is 0. The highest BCUT2D eigenvalue weighted by atomic mass is 32.2. The van der Waals surface area contributed by atoms with Crippen molar-refractivity contribution in [2.75, 3.05) is 24.3 Å². The number of hydrogen-bond acceptors (Lipinski definition) is 3. The Labute approximate surface area is 217 Å². The SMILES string of the molecule is CCCCCCCCCCCCCCSCC(CCP(=O)(O)O)OCCCCCCCCCC. The van der Waals surface area contributed by atoms with Crippen molar-refractivity contribution in [2.45, 2.75) is 155 Å². The Balaban J connectivity index is 3.70. The van der Waals surface area contributed by atoms with Crippen LogP contribution in [0.2, 0.25) is 0 Å². The van der Waals surface area contributed by atoms with Crippen LogP contribution in [0.3, 0.4) is 0 Å². The summed E-state index contributed by atoms with van der Waals surface area (Å²) < 4.78 is 17.3. The standard InChI is InChI=1S/C28H59O4PS/c1-3-5-7-9-11-13-14-15-16-18-20-22-26-34-27-28(23-25-33(29,30)31)32-24-21-19-17-12-10-8-6-4-2/h28H,3-27H2,1-2H3,(H2,29,30,31). The number of unbranched alkanes of at least 4 members (excludes halogenated alkanes) is 18. The number of rotatable bonds is 28. The van der Waals surface area contributed by atoms with Crippen LogP contribution >= 0.6 is 19.4 Å². The summed E-state index contributed by atoms with van der Waals surface area (Å²) in [6.45, 7) is 5.24. The van der Waals surface area contributed by atoms with Crippen molar-refractivity contribution in [2.24, 2.45) is 0 Å².